The summed E-state index contributed by atoms with van der Waals surface area (Å²) >= 11 is 0. The molecule has 2 unspecified atom stereocenters. The summed E-state index contributed by atoms with van der Waals surface area (Å²) in [6.45, 7) is 4.25. The van der Waals surface area contributed by atoms with E-state index in [0.29, 0.717) is 23.4 Å². The van der Waals surface area contributed by atoms with Crippen LogP contribution in [0.25, 0.3) is 5.65 Å². The first-order chi connectivity index (χ1) is 10.5. The smallest absolute Gasteiger partial charge is 0.299 e. The Morgan fingerprint density at radius 2 is 2.09 bits per heavy atom. The van der Waals surface area contributed by atoms with Crippen LogP contribution in [0.2, 0.25) is 0 Å². The molecular formula is C14H20F2N6. The molecule has 3 rings (SSSR count). The second kappa shape index (κ2) is 5.75. The number of piperidine rings is 1. The fourth-order valence-corrected chi connectivity index (χ4v) is 3.21. The summed E-state index contributed by atoms with van der Waals surface area (Å²) in [5.41, 5.74) is 0.337. The van der Waals surface area contributed by atoms with Gasteiger partial charge in [0.1, 0.15) is 5.82 Å². The molecule has 0 saturated carbocycles. The van der Waals surface area contributed by atoms with E-state index in [1.165, 1.54) is 0 Å². The van der Waals surface area contributed by atoms with E-state index in [4.69, 9.17) is 0 Å². The van der Waals surface area contributed by atoms with Crippen molar-refractivity contribution in [2.24, 2.45) is 5.92 Å². The fraction of sp³-hybridized carbons (Fsp3) is 0.643. The maximum atomic E-state index is 12.9. The van der Waals surface area contributed by atoms with E-state index in [1.807, 2.05) is 13.1 Å². The molecule has 1 fully saturated rings. The first-order valence-electron chi connectivity index (χ1n) is 7.39. The third kappa shape index (κ3) is 2.63. The minimum atomic E-state index is -2.69. The molecule has 2 atom stereocenters. The normalized spacial score (nSPS) is 23.4. The summed E-state index contributed by atoms with van der Waals surface area (Å²) in [5.74, 6) is 0.731. The topological polar surface area (TPSA) is 49.6 Å². The van der Waals surface area contributed by atoms with Crippen molar-refractivity contribution in [1.29, 1.82) is 0 Å². The third-order valence-electron chi connectivity index (χ3n) is 4.39. The Hall–Kier alpha value is -1.83. The second-order valence-electron chi connectivity index (χ2n) is 6.03. The van der Waals surface area contributed by atoms with Gasteiger partial charge in [0.15, 0.2) is 5.65 Å². The maximum absolute atomic E-state index is 12.9. The average Bonchev–Trinajstić information content (AvgIpc) is 2.89. The first-order valence-corrected chi connectivity index (χ1v) is 7.39. The minimum Gasteiger partial charge on any atom is -0.355 e. The van der Waals surface area contributed by atoms with E-state index in [0.717, 1.165) is 24.0 Å². The highest BCUT2D eigenvalue weighted by atomic mass is 19.3. The zero-order valence-corrected chi connectivity index (χ0v) is 12.9. The van der Waals surface area contributed by atoms with Crippen LogP contribution in [0, 0.1) is 5.92 Å². The van der Waals surface area contributed by atoms with Crippen LogP contribution in [0.15, 0.2) is 12.1 Å². The van der Waals surface area contributed by atoms with Crippen molar-refractivity contribution in [3.8, 4) is 0 Å². The summed E-state index contributed by atoms with van der Waals surface area (Å²) in [5, 5.41) is 11.5. The van der Waals surface area contributed by atoms with Crippen LogP contribution in [0.3, 0.4) is 0 Å². The number of rotatable bonds is 3. The standard InChI is InChI=1S/C14H20F2N6/c1-9-8-20(2)7-6-10(9)21(3)12-5-4-11-17-18-14(13(15)16)22(11)19-12/h4-5,9-10,13H,6-8H2,1-3H3. The summed E-state index contributed by atoms with van der Waals surface area (Å²) in [6.07, 6.45) is -1.66. The second-order valence-corrected chi connectivity index (χ2v) is 6.03. The molecule has 1 aliphatic heterocycles. The molecule has 2 aromatic rings. The Balaban J connectivity index is 1.90. The number of likely N-dealkylation sites (tertiary alicyclic amines) is 1. The van der Waals surface area contributed by atoms with Crippen LogP contribution in [-0.4, -0.2) is 57.9 Å². The van der Waals surface area contributed by atoms with Crippen LogP contribution in [0.4, 0.5) is 14.6 Å². The maximum Gasteiger partial charge on any atom is 0.299 e. The molecule has 1 saturated heterocycles. The number of anilines is 1. The third-order valence-corrected chi connectivity index (χ3v) is 4.39. The van der Waals surface area contributed by atoms with Crippen LogP contribution < -0.4 is 4.90 Å². The van der Waals surface area contributed by atoms with Gasteiger partial charge >= 0.3 is 0 Å². The van der Waals surface area contributed by atoms with Gasteiger partial charge in [-0.05, 0) is 38.1 Å². The minimum absolute atomic E-state index is 0.337. The van der Waals surface area contributed by atoms with E-state index in [2.05, 4.69) is 39.1 Å². The van der Waals surface area contributed by atoms with Gasteiger partial charge in [0, 0.05) is 19.6 Å². The highest BCUT2D eigenvalue weighted by Gasteiger charge is 2.28. The fourth-order valence-electron chi connectivity index (χ4n) is 3.21. The van der Waals surface area contributed by atoms with Gasteiger partial charge in [0.05, 0.1) is 0 Å². The number of hydrogen-bond acceptors (Lipinski definition) is 5. The molecule has 0 N–H and O–H groups in total. The van der Waals surface area contributed by atoms with Crippen LogP contribution in [0.1, 0.15) is 25.6 Å². The molecule has 0 spiro atoms. The summed E-state index contributed by atoms with van der Waals surface area (Å²) in [4.78, 5) is 4.38. The Bertz CT molecular complexity index is 658. The van der Waals surface area contributed by atoms with Crippen molar-refractivity contribution in [3.05, 3.63) is 18.0 Å². The van der Waals surface area contributed by atoms with Crippen LogP contribution in [0.5, 0.6) is 0 Å². The van der Waals surface area contributed by atoms with Crippen LogP contribution >= 0.6 is 0 Å². The lowest BCUT2D eigenvalue weighted by atomic mass is 9.93. The lowest BCUT2D eigenvalue weighted by Crippen LogP contribution is -2.48. The van der Waals surface area contributed by atoms with Gasteiger partial charge in [-0.25, -0.2) is 8.78 Å². The molecule has 0 radical (unpaired) electrons. The van der Waals surface area contributed by atoms with E-state index in [1.54, 1.807) is 6.07 Å². The van der Waals surface area contributed by atoms with Crippen LogP contribution in [-0.2, 0) is 0 Å². The highest BCUT2D eigenvalue weighted by Crippen LogP contribution is 2.25. The Morgan fingerprint density at radius 3 is 2.77 bits per heavy atom. The first kappa shape index (κ1) is 15.1. The van der Waals surface area contributed by atoms with Gasteiger partial charge in [0.25, 0.3) is 6.43 Å². The van der Waals surface area contributed by atoms with E-state index >= 15 is 0 Å². The molecule has 6 nitrogen and oxygen atoms in total. The average molecular weight is 310 g/mol. The van der Waals surface area contributed by atoms with Crippen molar-refractivity contribution in [1.82, 2.24) is 24.7 Å². The van der Waals surface area contributed by atoms with Gasteiger partial charge in [-0.3, -0.25) is 0 Å². The largest absolute Gasteiger partial charge is 0.355 e. The molecule has 0 bridgehead atoms. The molecule has 120 valence electrons. The number of nitrogens with zero attached hydrogens (tertiary/aromatic N) is 6. The molecule has 3 heterocycles. The monoisotopic (exact) mass is 310 g/mol. The predicted molar refractivity (Wildman–Crippen MR) is 79.2 cm³/mol. The molecule has 0 aromatic carbocycles. The molecule has 0 amide bonds. The van der Waals surface area contributed by atoms with E-state index in [9.17, 15) is 8.78 Å². The summed E-state index contributed by atoms with van der Waals surface area (Å²) in [6, 6.07) is 3.83. The lowest BCUT2D eigenvalue weighted by Gasteiger charge is -2.40. The van der Waals surface area contributed by atoms with E-state index in [-0.39, 0.29) is 0 Å². The molecule has 8 heteroatoms. The van der Waals surface area contributed by atoms with Crippen molar-refractivity contribution in [2.45, 2.75) is 25.8 Å². The Labute approximate surface area is 127 Å². The zero-order valence-electron chi connectivity index (χ0n) is 12.9. The van der Waals surface area contributed by atoms with Gasteiger partial charge in [-0.2, -0.15) is 4.52 Å². The van der Waals surface area contributed by atoms with Gasteiger partial charge < -0.3 is 9.80 Å². The SMILES string of the molecule is CC1CN(C)CCC1N(C)c1ccc2nnc(C(F)F)n2n1. The zero-order chi connectivity index (χ0) is 15.9. The summed E-state index contributed by atoms with van der Waals surface area (Å²) in [7, 11) is 4.08. The number of hydrogen-bond donors (Lipinski definition) is 0. The quantitative estimate of drug-likeness (QED) is 0.866. The highest BCUT2D eigenvalue weighted by molar-refractivity contribution is 5.46. The molecule has 22 heavy (non-hydrogen) atoms. The number of alkyl halides is 2. The predicted octanol–water partition coefficient (Wildman–Crippen LogP) is 1.84. The molecule has 1 aliphatic rings. The Morgan fingerprint density at radius 1 is 1.32 bits per heavy atom. The lowest BCUT2D eigenvalue weighted by molar-refractivity contribution is 0.137. The van der Waals surface area contributed by atoms with Crippen molar-refractivity contribution >= 4 is 11.5 Å². The number of fused-ring (bicyclic) bond motifs is 1. The van der Waals surface area contributed by atoms with Gasteiger partial charge in [0.2, 0.25) is 5.82 Å². The van der Waals surface area contributed by atoms with Gasteiger partial charge in [-0.15, -0.1) is 15.3 Å². The van der Waals surface area contributed by atoms with Crippen molar-refractivity contribution in [3.63, 3.8) is 0 Å². The summed E-state index contributed by atoms with van der Waals surface area (Å²) < 4.78 is 27.0. The van der Waals surface area contributed by atoms with Crippen molar-refractivity contribution in [2.75, 3.05) is 32.1 Å². The molecule has 0 aliphatic carbocycles. The number of aromatic nitrogens is 4. The van der Waals surface area contributed by atoms with E-state index < -0.39 is 12.2 Å². The molecule has 2 aromatic heterocycles. The van der Waals surface area contributed by atoms with Gasteiger partial charge in [-0.1, -0.05) is 6.92 Å². The number of halogens is 2. The van der Waals surface area contributed by atoms with Crippen molar-refractivity contribution < 1.29 is 8.78 Å². The Kier molecular flexibility index (Phi) is 3.94. The molecular weight excluding hydrogens is 290 g/mol.